The van der Waals surface area contributed by atoms with Crippen LogP contribution in [0.25, 0.3) is 0 Å². The van der Waals surface area contributed by atoms with Crippen molar-refractivity contribution in [3.8, 4) is 5.75 Å². The molecule has 0 saturated heterocycles. The minimum Gasteiger partial charge on any atom is -0.496 e. The molecule has 23 heavy (non-hydrogen) atoms. The fourth-order valence-corrected chi connectivity index (χ4v) is 2.57. The van der Waals surface area contributed by atoms with Crippen molar-refractivity contribution < 1.29 is 14.3 Å². The Morgan fingerprint density at radius 3 is 2.48 bits per heavy atom. The van der Waals surface area contributed by atoms with Crippen molar-refractivity contribution in [3.63, 3.8) is 0 Å². The van der Waals surface area contributed by atoms with E-state index in [0.717, 1.165) is 0 Å². The van der Waals surface area contributed by atoms with Crippen LogP contribution < -0.4 is 4.74 Å². The van der Waals surface area contributed by atoms with Gasteiger partial charge in [0, 0.05) is 5.56 Å². The number of methoxy groups -OCH3 is 1. The van der Waals surface area contributed by atoms with Crippen molar-refractivity contribution in [1.82, 2.24) is 0 Å². The van der Waals surface area contributed by atoms with Crippen molar-refractivity contribution in [2.24, 2.45) is 4.99 Å². The van der Waals surface area contributed by atoms with Crippen LogP contribution in [-0.2, 0) is 4.74 Å². The van der Waals surface area contributed by atoms with Crippen LogP contribution in [0.5, 0.6) is 5.75 Å². The molecular weight excluding hydrogens is 290 g/mol. The Kier molecular flexibility index (Phi) is 3.90. The first-order valence-electron chi connectivity index (χ1n) is 7.51. The van der Waals surface area contributed by atoms with Crippen molar-refractivity contribution in [3.05, 3.63) is 65.2 Å². The van der Waals surface area contributed by atoms with Gasteiger partial charge in [0.05, 0.1) is 23.8 Å². The van der Waals surface area contributed by atoms with Gasteiger partial charge < -0.3 is 9.47 Å². The standard InChI is InChI=1S/C19H19NO3/c1-19(2)12-23-18(20-19)14-10-7-11-15(22-3)16(14)17(21)13-8-5-4-6-9-13/h4-11H,12H2,1-3H3. The molecule has 4 nitrogen and oxygen atoms in total. The molecule has 2 aromatic rings. The van der Waals surface area contributed by atoms with Crippen molar-refractivity contribution in [1.29, 1.82) is 0 Å². The first-order valence-corrected chi connectivity index (χ1v) is 7.51. The third-order valence-electron chi connectivity index (χ3n) is 3.71. The second-order valence-corrected chi connectivity index (χ2v) is 6.10. The fourth-order valence-electron chi connectivity index (χ4n) is 2.57. The summed E-state index contributed by atoms with van der Waals surface area (Å²) in [4.78, 5) is 17.6. The lowest BCUT2D eigenvalue weighted by Crippen LogP contribution is -2.17. The second-order valence-electron chi connectivity index (χ2n) is 6.10. The van der Waals surface area contributed by atoms with E-state index in [1.807, 2.05) is 44.2 Å². The number of carbonyl (C=O) groups excluding carboxylic acids is 1. The number of hydrogen-bond donors (Lipinski definition) is 0. The van der Waals surface area contributed by atoms with E-state index in [1.54, 1.807) is 25.3 Å². The third kappa shape index (κ3) is 2.97. The number of rotatable bonds is 4. The molecule has 1 aliphatic heterocycles. The molecule has 3 rings (SSSR count). The summed E-state index contributed by atoms with van der Waals surface area (Å²) in [6.07, 6.45) is 0. The average Bonchev–Trinajstić information content (AvgIpc) is 2.94. The van der Waals surface area contributed by atoms with E-state index in [-0.39, 0.29) is 11.3 Å². The zero-order valence-electron chi connectivity index (χ0n) is 13.5. The van der Waals surface area contributed by atoms with Gasteiger partial charge in [-0.3, -0.25) is 4.79 Å². The molecule has 0 amide bonds. The first-order chi connectivity index (χ1) is 11.0. The van der Waals surface area contributed by atoms with Gasteiger partial charge in [-0.1, -0.05) is 36.4 Å². The summed E-state index contributed by atoms with van der Waals surface area (Å²) in [7, 11) is 1.56. The zero-order valence-corrected chi connectivity index (χ0v) is 13.5. The number of nitrogens with zero attached hydrogens (tertiary/aromatic N) is 1. The SMILES string of the molecule is COc1cccc(C2=NC(C)(C)CO2)c1C(=O)c1ccccc1. The molecule has 0 spiro atoms. The Balaban J connectivity index is 2.14. The Bertz CT molecular complexity index is 763. The maximum atomic E-state index is 13.0. The van der Waals surface area contributed by atoms with Crippen LogP contribution in [0.2, 0.25) is 0 Å². The van der Waals surface area contributed by atoms with Gasteiger partial charge in [0.2, 0.25) is 5.90 Å². The van der Waals surface area contributed by atoms with Gasteiger partial charge in [-0.15, -0.1) is 0 Å². The Labute approximate surface area is 135 Å². The molecule has 0 atom stereocenters. The molecular formula is C19H19NO3. The van der Waals surface area contributed by atoms with Gasteiger partial charge in [0.25, 0.3) is 0 Å². The van der Waals surface area contributed by atoms with E-state index in [1.165, 1.54) is 0 Å². The van der Waals surface area contributed by atoms with Crippen LogP contribution in [0.15, 0.2) is 53.5 Å². The predicted octanol–water partition coefficient (Wildman–Crippen LogP) is 3.48. The van der Waals surface area contributed by atoms with Gasteiger partial charge in [-0.2, -0.15) is 0 Å². The van der Waals surface area contributed by atoms with Gasteiger partial charge in [-0.25, -0.2) is 4.99 Å². The normalized spacial score (nSPS) is 15.7. The fraction of sp³-hybridized carbons (Fsp3) is 0.263. The van der Waals surface area contributed by atoms with Crippen LogP contribution in [-0.4, -0.2) is 30.9 Å². The molecule has 0 aromatic heterocycles. The van der Waals surface area contributed by atoms with Crippen LogP contribution in [0.1, 0.15) is 35.3 Å². The molecule has 0 aliphatic carbocycles. The van der Waals surface area contributed by atoms with Crippen LogP contribution >= 0.6 is 0 Å². The summed E-state index contributed by atoms with van der Waals surface area (Å²) in [5.41, 5.74) is 1.48. The van der Waals surface area contributed by atoms with E-state index in [0.29, 0.717) is 34.9 Å². The van der Waals surface area contributed by atoms with Gasteiger partial charge in [-0.05, 0) is 26.0 Å². The van der Waals surface area contributed by atoms with Crippen LogP contribution in [0.4, 0.5) is 0 Å². The predicted molar refractivity (Wildman–Crippen MR) is 89.4 cm³/mol. The van der Waals surface area contributed by atoms with E-state index in [4.69, 9.17) is 9.47 Å². The zero-order chi connectivity index (χ0) is 16.4. The summed E-state index contributed by atoms with van der Waals surface area (Å²) in [5.74, 6) is 0.912. The molecule has 2 aromatic carbocycles. The van der Waals surface area contributed by atoms with E-state index in [2.05, 4.69) is 4.99 Å². The number of carbonyl (C=O) groups is 1. The van der Waals surface area contributed by atoms with E-state index < -0.39 is 0 Å². The van der Waals surface area contributed by atoms with E-state index >= 15 is 0 Å². The van der Waals surface area contributed by atoms with Crippen LogP contribution in [0.3, 0.4) is 0 Å². The topological polar surface area (TPSA) is 47.9 Å². The van der Waals surface area contributed by atoms with Crippen molar-refractivity contribution in [2.75, 3.05) is 13.7 Å². The maximum Gasteiger partial charge on any atom is 0.217 e. The maximum absolute atomic E-state index is 13.0. The number of hydrogen-bond acceptors (Lipinski definition) is 4. The molecule has 0 unspecified atom stereocenters. The minimum atomic E-state index is -0.286. The molecule has 0 radical (unpaired) electrons. The van der Waals surface area contributed by atoms with Crippen molar-refractivity contribution >= 4 is 11.7 Å². The largest absolute Gasteiger partial charge is 0.496 e. The highest BCUT2D eigenvalue weighted by molar-refractivity contribution is 6.17. The quantitative estimate of drug-likeness (QED) is 0.812. The van der Waals surface area contributed by atoms with Gasteiger partial charge >= 0.3 is 0 Å². The Morgan fingerprint density at radius 1 is 1.13 bits per heavy atom. The average molecular weight is 309 g/mol. The monoisotopic (exact) mass is 309 g/mol. The van der Waals surface area contributed by atoms with E-state index in [9.17, 15) is 4.79 Å². The molecule has 118 valence electrons. The number of ether oxygens (including phenoxy) is 2. The molecule has 4 heteroatoms. The third-order valence-corrected chi connectivity index (χ3v) is 3.71. The summed E-state index contributed by atoms with van der Waals surface area (Å²) in [6.45, 7) is 4.50. The molecule has 1 aliphatic rings. The molecule has 0 saturated carbocycles. The second kappa shape index (κ2) is 5.88. The molecule has 0 N–H and O–H groups in total. The van der Waals surface area contributed by atoms with Gasteiger partial charge in [0.1, 0.15) is 12.4 Å². The molecule has 1 heterocycles. The summed E-state index contributed by atoms with van der Waals surface area (Å²) in [6, 6.07) is 14.6. The number of benzene rings is 2. The smallest absolute Gasteiger partial charge is 0.217 e. The van der Waals surface area contributed by atoms with Gasteiger partial charge in [0.15, 0.2) is 5.78 Å². The lowest BCUT2D eigenvalue weighted by atomic mass is 9.97. The van der Waals surface area contributed by atoms with Crippen molar-refractivity contribution in [2.45, 2.75) is 19.4 Å². The molecule has 0 bridgehead atoms. The lowest BCUT2D eigenvalue weighted by molar-refractivity contribution is 0.103. The number of ketones is 1. The highest BCUT2D eigenvalue weighted by Crippen LogP contribution is 2.29. The lowest BCUT2D eigenvalue weighted by Gasteiger charge is -2.13. The summed E-state index contributed by atoms with van der Waals surface area (Å²) < 4.78 is 11.1. The molecule has 0 fully saturated rings. The number of aliphatic imine (C=N–C) groups is 1. The Hall–Kier alpha value is -2.62. The van der Waals surface area contributed by atoms with Crippen LogP contribution in [0, 0.1) is 0 Å². The highest BCUT2D eigenvalue weighted by atomic mass is 16.5. The minimum absolute atomic E-state index is 0.103. The Morgan fingerprint density at radius 2 is 1.87 bits per heavy atom. The summed E-state index contributed by atoms with van der Waals surface area (Å²) in [5, 5.41) is 0. The highest BCUT2D eigenvalue weighted by Gasteiger charge is 2.30. The first kappa shape index (κ1) is 15.3. The summed E-state index contributed by atoms with van der Waals surface area (Å²) >= 11 is 0.